The summed E-state index contributed by atoms with van der Waals surface area (Å²) in [5.41, 5.74) is 2.81. The Labute approximate surface area is 296 Å². The van der Waals surface area contributed by atoms with E-state index in [4.69, 9.17) is 11.6 Å². The van der Waals surface area contributed by atoms with E-state index < -0.39 is 12.1 Å². The lowest BCUT2D eigenvalue weighted by Gasteiger charge is -2.45. The number of pyridine rings is 2. The molecule has 4 aromatic heterocycles. The van der Waals surface area contributed by atoms with Gasteiger partial charge in [-0.2, -0.15) is 5.26 Å². The summed E-state index contributed by atoms with van der Waals surface area (Å²) in [6.45, 7) is 6.09. The molecule has 1 aliphatic heterocycles. The second-order valence-electron chi connectivity index (χ2n) is 12.6. The first-order valence-corrected chi connectivity index (χ1v) is 17.8. The molecule has 254 valence electrons. The van der Waals surface area contributed by atoms with E-state index in [-0.39, 0.29) is 34.7 Å². The van der Waals surface area contributed by atoms with Gasteiger partial charge in [0.1, 0.15) is 29.4 Å². The number of carbonyl (C=O) groups is 1. The van der Waals surface area contributed by atoms with Crippen LogP contribution in [0.15, 0.2) is 46.8 Å². The van der Waals surface area contributed by atoms with Gasteiger partial charge in [0.25, 0.3) is 5.56 Å². The number of nitrogens with zero attached hydrogens (tertiary/aromatic N) is 7. The number of aromatic nitrogens is 4. The molecular weight excluding hydrogens is 677 g/mol. The fraction of sp³-hybridized carbons (Fsp3) is 0.351. The highest BCUT2D eigenvalue weighted by molar-refractivity contribution is 7.18. The van der Waals surface area contributed by atoms with Crippen molar-refractivity contribution in [2.75, 3.05) is 24.5 Å². The van der Waals surface area contributed by atoms with Crippen LogP contribution in [0.5, 0.6) is 0 Å². The SMILES string of the molecule is CCN(c1ncc2nc(C)n(CC#Cc3ccc(Cl)cc3-c3ccnc4c(C(=O)O)csc34)c(=O)c2c1C#N)C1CCN(C2CC(F)C2)CC1. The minimum absolute atomic E-state index is 0.0168. The summed E-state index contributed by atoms with van der Waals surface area (Å²) in [7, 11) is 0. The Balaban J connectivity index is 1.21. The normalized spacial score (nSPS) is 18.0. The van der Waals surface area contributed by atoms with E-state index in [1.807, 2.05) is 6.92 Å². The van der Waals surface area contributed by atoms with Gasteiger partial charge in [-0.15, -0.1) is 11.3 Å². The van der Waals surface area contributed by atoms with E-state index in [1.54, 1.807) is 49.0 Å². The van der Waals surface area contributed by atoms with Gasteiger partial charge in [0, 0.05) is 65.0 Å². The van der Waals surface area contributed by atoms with Crippen LogP contribution in [-0.4, -0.2) is 73.4 Å². The number of rotatable bonds is 7. The van der Waals surface area contributed by atoms with Gasteiger partial charge in [-0.1, -0.05) is 23.4 Å². The van der Waals surface area contributed by atoms with Crippen LogP contribution in [0.4, 0.5) is 10.2 Å². The topological polar surface area (TPSA) is 128 Å². The molecule has 1 saturated carbocycles. The summed E-state index contributed by atoms with van der Waals surface area (Å²) in [6.07, 6.45) is 5.39. The van der Waals surface area contributed by atoms with E-state index in [1.165, 1.54) is 15.9 Å². The van der Waals surface area contributed by atoms with Crippen molar-refractivity contribution in [3.05, 3.63) is 79.9 Å². The van der Waals surface area contributed by atoms with Crippen molar-refractivity contribution in [3.63, 3.8) is 0 Å². The number of hydrogen-bond acceptors (Lipinski definition) is 9. The highest BCUT2D eigenvalue weighted by atomic mass is 35.5. The number of hydrogen-bond donors (Lipinski definition) is 1. The number of nitriles is 1. The van der Waals surface area contributed by atoms with Crippen LogP contribution in [0.2, 0.25) is 5.02 Å². The van der Waals surface area contributed by atoms with Crippen molar-refractivity contribution in [2.45, 2.75) is 64.3 Å². The predicted octanol–water partition coefficient (Wildman–Crippen LogP) is 6.44. The Hall–Kier alpha value is -4.88. The van der Waals surface area contributed by atoms with Crippen molar-refractivity contribution >= 4 is 55.8 Å². The second-order valence-corrected chi connectivity index (χ2v) is 14.0. The van der Waals surface area contributed by atoms with Gasteiger partial charge in [-0.05, 0) is 63.8 Å². The molecule has 5 aromatic rings. The number of anilines is 1. The lowest BCUT2D eigenvalue weighted by atomic mass is 9.87. The number of halogens is 2. The number of aryl methyl sites for hydroxylation is 1. The molecule has 50 heavy (non-hydrogen) atoms. The zero-order valence-corrected chi connectivity index (χ0v) is 29.1. The molecule has 1 aliphatic carbocycles. The van der Waals surface area contributed by atoms with Crippen LogP contribution in [0.1, 0.15) is 59.9 Å². The molecule has 10 nitrogen and oxygen atoms in total. The van der Waals surface area contributed by atoms with E-state index >= 15 is 0 Å². The number of aromatic carboxylic acids is 1. The third-order valence-electron chi connectivity index (χ3n) is 9.82. The highest BCUT2D eigenvalue weighted by Crippen LogP contribution is 2.37. The largest absolute Gasteiger partial charge is 0.478 e. The zero-order valence-electron chi connectivity index (χ0n) is 27.5. The summed E-state index contributed by atoms with van der Waals surface area (Å²) < 4.78 is 15.6. The number of carboxylic acids is 1. The maximum absolute atomic E-state index is 14.1. The molecule has 2 fully saturated rings. The quantitative estimate of drug-likeness (QED) is 0.190. The minimum Gasteiger partial charge on any atom is -0.478 e. The molecule has 0 radical (unpaired) electrons. The standard InChI is InChI=1S/C37H33ClFN7O3S/c1-3-45(25-9-13-44(14-10-25)26-16-24(39)17-26)35-29(18-40)32-31(19-42-35)43-21(2)46(36(32)47)12-4-5-22-6-7-23(38)15-28(22)27-8-11-41-33-30(37(48)49)20-50-34(27)33/h6-8,11,15,19-20,24-26H,3,9-10,12-14,16-17H2,1-2H3,(H,48,49). The fourth-order valence-electron chi connectivity index (χ4n) is 7.14. The summed E-state index contributed by atoms with van der Waals surface area (Å²) in [4.78, 5) is 43.9. The molecule has 1 aromatic carbocycles. The Bertz CT molecular complexity index is 2310. The fourth-order valence-corrected chi connectivity index (χ4v) is 8.34. The summed E-state index contributed by atoms with van der Waals surface area (Å²) >= 11 is 7.69. The molecule has 7 rings (SSSR count). The van der Waals surface area contributed by atoms with Gasteiger partial charge in [-0.25, -0.2) is 19.2 Å². The van der Waals surface area contributed by atoms with Crippen LogP contribution >= 0.6 is 22.9 Å². The first kappa shape index (κ1) is 33.6. The number of likely N-dealkylation sites (tertiary alicyclic amines) is 1. The van der Waals surface area contributed by atoms with Crippen LogP contribution < -0.4 is 10.5 Å². The van der Waals surface area contributed by atoms with Crippen molar-refractivity contribution < 1.29 is 14.3 Å². The molecule has 13 heteroatoms. The van der Waals surface area contributed by atoms with Crippen LogP contribution in [0.3, 0.4) is 0 Å². The van der Waals surface area contributed by atoms with Crippen molar-refractivity contribution in [1.82, 2.24) is 24.4 Å². The molecule has 0 bridgehead atoms. The Morgan fingerprint density at radius 1 is 1.20 bits per heavy atom. The smallest absolute Gasteiger partial charge is 0.338 e. The lowest BCUT2D eigenvalue weighted by molar-refractivity contribution is 0.0379. The molecule has 1 N–H and O–H groups in total. The number of carboxylic acid groups (broad SMARTS) is 1. The number of thiophene rings is 1. The van der Waals surface area contributed by atoms with Gasteiger partial charge < -0.3 is 14.9 Å². The van der Waals surface area contributed by atoms with Gasteiger partial charge in [0.05, 0.1) is 39.4 Å². The predicted molar refractivity (Wildman–Crippen MR) is 193 cm³/mol. The number of benzene rings is 1. The van der Waals surface area contributed by atoms with Crippen molar-refractivity contribution in [1.29, 1.82) is 5.26 Å². The highest BCUT2D eigenvalue weighted by Gasteiger charge is 2.36. The average Bonchev–Trinajstić information content (AvgIpc) is 3.54. The Kier molecular flexibility index (Phi) is 9.27. The van der Waals surface area contributed by atoms with Crippen LogP contribution in [0.25, 0.3) is 32.2 Å². The number of piperidine rings is 1. The molecule has 0 spiro atoms. The zero-order chi connectivity index (χ0) is 35.1. The number of alkyl halides is 1. The van der Waals surface area contributed by atoms with E-state index in [9.17, 15) is 24.3 Å². The molecule has 0 amide bonds. The average molecular weight is 710 g/mol. The minimum atomic E-state index is -1.05. The summed E-state index contributed by atoms with van der Waals surface area (Å²) in [5.74, 6) is 6.16. The molecule has 5 heterocycles. The van der Waals surface area contributed by atoms with Crippen molar-refractivity contribution in [3.8, 4) is 29.0 Å². The molecule has 1 saturated heterocycles. The first-order valence-electron chi connectivity index (χ1n) is 16.5. The van der Waals surface area contributed by atoms with E-state index in [0.717, 1.165) is 31.5 Å². The van der Waals surface area contributed by atoms with Crippen LogP contribution in [0, 0.1) is 30.1 Å². The van der Waals surface area contributed by atoms with E-state index in [0.29, 0.717) is 69.0 Å². The maximum atomic E-state index is 14.1. The summed E-state index contributed by atoms with van der Waals surface area (Å²) in [5, 5.41) is 22.3. The first-order chi connectivity index (χ1) is 24.2. The van der Waals surface area contributed by atoms with E-state index in [2.05, 4.69) is 42.7 Å². The van der Waals surface area contributed by atoms with Gasteiger partial charge in [0.2, 0.25) is 0 Å². The van der Waals surface area contributed by atoms with Crippen molar-refractivity contribution in [2.24, 2.45) is 0 Å². The molecular formula is C37H33ClFN7O3S. The Morgan fingerprint density at radius 2 is 1.98 bits per heavy atom. The second kappa shape index (κ2) is 13.8. The maximum Gasteiger partial charge on any atom is 0.338 e. The van der Waals surface area contributed by atoms with Gasteiger partial charge in [0.15, 0.2) is 0 Å². The Morgan fingerprint density at radius 3 is 2.68 bits per heavy atom. The number of fused-ring (bicyclic) bond motifs is 2. The monoisotopic (exact) mass is 709 g/mol. The van der Waals surface area contributed by atoms with Gasteiger partial charge in [-0.3, -0.25) is 14.3 Å². The molecule has 2 aliphatic rings. The lowest BCUT2D eigenvalue weighted by Crippen LogP contribution is -2.52. The third-order valence-corrected chi connectivity index (χ3v) is 11.1. The molecule has 0 unspecified atom stereocenters. The van der Waals surface area contributed by atoms with Crippen LogP contribution in [-0.2, 0) is 6.54 Å². The van der Waals surface area contributed by atoms with Gasteiger partial charge >= 0.3 is 5.97 Å². The third kappa shape index (κ3) is 6.09. The summed E-state index contributed by atoms with van der Waals surface area (Å²) in [6, 6.07) is 9.82. The molecule has 0 atom stereocenters.